The van der Waals surface area contributed by atoms with E-state index in [1.54, 1.807) is 0 Å². The first kappa shape index (κ1) is 11.2. The van der Waals surface area contributed by atoms with E-state index in [-0.39, 0.29) is 18.6 Å². The molecule has 0 spiro atoms. The highest BCUT2D eigenvalue weighted by Crippen LogP contribution is 2.19. The third kappa shape index (κ3) is 2.81. The molecule has 2 rings (SSSR count). The molecule has 2 aliphatic heterocycles. The number of hydrogen-bond acceptors (Lipinski definition) is 3. The van der Waals surface area contributed by atoms with Crippen molar-refractivity contribution in [3.05, 3.63) is 0 Å². The quantitative estimate of drug-likeness (QED) is 0.700. The molecule has 78 valence electrons. The maximum Gasteiger partial charge on any atom is 0.134 e. The SMILES string of the molecule is CC1CNC(C2CCCO2)OC1.Cl. The monoisotopic (exact) mass is 207 g/mol. The van der Waals surface area contributed by atoms with Crippen molar-refractivity contribution >= 4 is 12.4 Å². The van der Waals surface area contributed by atoms with E-state index < -0.39 is 0 Å². The first-order valence-electron chi connectivity index (χ1n) is 4.83. The molecule has 1 N–H and O–H groups in total. The average molecular weight is 208 g/mol. The number of rotatable bonds is 1. The fraction of sp³-hybridized carbons (Fsp3) is 1.00. The van der Waals surface area contributed by atoms with E-state index in [1.165, 1.54) is 6.42 Å². The Labute approximate surface area is 85.6 Å². The Morgan fingerprint density at radius 1 is 1.31 bits per heavy atom. The molecule has 0 bridgehead atoms. The zero-order valence-corrected chi connectivity index (χ0v) is 8.81. The van der Waals surface area contributed by atoms with Crippen LogP contribution in [-0.4, -0.2) is 32.1 Å². The van der Waals surface area contributed by atoms with E-state index in [9.17, 15) is 0 Å². The highest BCUT2D eigenvalue weighted by Gasteiger charge is 2.29. The zero-order valence-electron chi connectivity index (χ0n) is 7.99. The molecule has 2 fully saturated rings. The minimum atomic E-state index is 0. The summed E-state index contributed by atoms with van der Waals surface area (Å²) < 4.78 is 11.2. The van der Waals surface area contributed by atoms with Gasteiger partial charge in [0, 0.05) is 13.2 Å². The van der Waals surface area contributed by atoms with Crippen LogP contribution in [0, 0.1) is 5.92 Å². The summed E-state index contributed by atoms with van der Waals surface area (Å²) in [6.07, 6.45) is 2.79. The summed E-state index contributed by atoms with van der Waals surface area (Å²) in [6, 6.07) is 0. The first-order chi connectivity index (χ1) is 5.86. The van der Waals surface area contributed by atoms with Crippen LogP contribution >= 0.6 is 12.4 Å². The number of hydrogen-bond donors (Lipinski definition) is 1. The maximum atomic E-state index is 5.64. The lowest BCUT2D eigenvalue weighted by atomic mass is 10.1. The number of halogens is 1. The second-order valence-electron chi connectivity index (χ2n) is 3.82. The molecule has 4 heteroatoms. The Balaban J connectivity index is 0.000000845. The molecule has 0 amide bonds. The number of ether oxygens (including phenoxy) is 2. The maximum absolute atomic E-state index is 5.64. The zero-order chi connectivity index (χ0) is 8.39. The molecule has 2 heterocycles. The molecular weight excluding hydrogens is 190 g/mol. The summed E-state index contributed by atoms with van der Waals surface area (Å²) in [5, 5.41) is 3.36. The van der Waals surface area contributed by atoms with Gasteiger partial charge in [-0.05, 0) is 18.8 Å². The lowest BCUT2D eigenvalue weighted by Crippen LogP contribution is -2.48. The summed E-state index contributed by atoms with van der Waals surface area (Å²) in [6.45, 7) is 5.03. The largest absolute Gasteiger partial charge is 0.374 e. The summed E-state index contributed by atoms with van der Waals surface area (Å²) in [5.41, 5.74) is 0. The van der Waals surface area contributed by atoms with E-state index in [1.807, 2.05) is 0 Å². The molecule has 0 saturated carbocycles. The van der Waals surface area contributed by atoms with Gasteiger partial charge in [0.25, 0.3) is 0 Å². The van der Waals surface area contributed by atoms with Gasteiger partial charge in [0.15, 0.2) is 0 Å². The predicted molar refractivity (Wildman–Crippen MR) is 53.1 cm³/mol. The van der Waals surface area contributed by atoms with E-state index >= 15 is 0 Å². The minimum Gasteiger partial charge on any atom is -0.374 e. The highest BCUT2D eigenvalue weighted by molar-refractivity contribution is 5.85. The van der Waals surface area contributed by atoms with Crippen molar-refractivity contribution in [1.29, 1.82) is 0 Å². The molecule has 2 saturated heterocycles. The van der Waals surface area contributed by atoms with Gasteiger partial charge in [0.1, 0.15) is 6.23 Å². The van der Waals surface area contributed by atoms with Crippen molar-refractivity contribution in [2.75, 3.05) is 19.8 Å². The van der Waals surface area contributed by atoms with E-state index in [0.717, 1.165) is 26.2 Å². The van der Waals surface area contributed by atoms with Gasteiger partial charge < -0.3 is 9.47 Å². The molecule has 3 atom stereocenters. The molecular formula is C9H18ClNO2. The molecule has 0 aliphatic carbocycles. The van der Waals surface area contributed by atoms with Crippen LogP contribution in [0.5, 0.6) is 0 Å². The van der Waals surface area contributed by atoms with Gasteiger partial charge in [-0.25, -0.2) is 0 Å². The smallest absolute Gasteiger partial charge is 0.134 e. The summed E-state index contributed by atoms with van der Waals surface area (Å²) in [4.78, 5) is 0. The standard InChI is InChI=1S/C9H17NO2.ClH/c1-7-5-10-9(12-6-7)8-3-2-4-11-8;/h7-10H,2-6H2,1H3;1H. The van der Waals surface area contributed by atoms with Crippen LogP contribution in [0.15, 0.2) is 0 Å². The van der Waals surface area contributed by atoms with Crippen molar-refractivity contribution in [3.63, 3.8) is 0 Å². The molecule has 0 aromatic carbocycles. The van der Waals surface area contributed by atoms with Crippen molar-refractivity contribution in [2.45, 2.75) is 32.1 Å². The molecule has 13 heavy (non-hydrogen) atoms. The summed E-state index contributed by atoms with van der Waals surface area (Å²) >= 11 is 0. The lowest BCUT2D eigenvalue weighted by Gasteiger charge is -2.31. The van der Waals surface area contributed by atoms with Crippen LogP contribution in [0.3, 0.4) is 0 Å². The van der Waals surface area contributed by atoms with E-state index in [2.05, 4.69) is 12.2 Å². The fourth-order valence-electron chi connectivity index (χ4n) is 1.78. The molecule has 3 nitrogen and oxygen atoms in total. The van der Waals surface area contributed by atoms with Crippen LogP contribution in [0.1, 0.15) is 19.8 Å². The minimum absolute atomic E-state index is 0. The van der Waals surface area contributed by atoms with Crippen LogP contribution in [0.2, 0.25) is 0 Å². The second-order valence-corrected chi connectivity index (χ2v) is 3.82. The Hall–Kier alpha value is 0.170. The summed E-state index contributed by atoms with van der Waals surface area (Å²) in [5.74, 6) is 0.641. The predicted octanol–water partition coefficient (Wildman–Crippen LogP) is 1.17. The van der Waals surface area contributed by atoms with Gasteiger partial charge in [-0.15, -0.1) is 12.4 Å². The van der Waals surface area contributed by atoms with Crippen LogP contribution < -0.4 is 5.32 Å². The lowest BCUT2D eigenvalue weighted by molar-refractivity contribution is -0.0961. The fourth-order valence-corrected chi connectivity index (χ4v) is 1.78. The Morgan fingerprint density at radius 3 is 2.69 bits per heavy atom. The van der Waals surface area contributed by atoms with Gasteiger partial charge in [-0.3, -0.25) is 5.32 Å². The molecule has 0 aromatic rings. The Kier molecular flexibility index (Phi) is 4.46. The van der Waals surface area contributed by atoms with Gasteiger partial charge >= 0.3 is 0 Å². The Morgan fingerprint density at radius 2 is 2.15 bits per heavy atom. The molecule has 0 aromatic heterocycles. The van der Waals surface area contributed by atoms with Crippen LogP contribution in [0.25, 0.3) is 0 Å². The Bertz CT molecular complexity index is 143. The van der Waals surface area contributed by atoms with Gasteiger partial charge in [0.05, 0.1) is 12.7 Å². The average Bonchev–Trinajstić information content (AvgIpc) is 2.58. The van der Waals surface area contributed by atoms with Crippen molar-refractivity contribution in [2.24, 2.45) is 5.92 Å². The molecule has 0 radical (unpaired) electrons. The summed E-state index contributed by atoms with van der Waals surface area (Å²) in [7, 11) is 0. The number of nitrogens with one attached hydrogen (secondary N) is 1. The van der Waals surface area contributed by atoms with Crippen molar-refractivity contribution < 1.29 is 9.47 Å². The molecule has 3 unspecified atom stereocenters. The normalized spacial score (nSPS) is 39.9. The van der Waals surface area contributed by atoms with Crippen LogP contribution in [-0.2, 0) is 9.47 Å². The van der Waals surface area contributed by atoms with Gasteiger partial charge in [-0.2, -0.15) is 0 Å². The first-order valence-corrected chi connectivity index (χ1v) is 4.83. The van der Waals surface area contributed by atoms with Crippen LogP contribution in [0.4, 0.5) is 0 Å². The molecule has 2 aliphatic rings. The highest BCUT2D eigenvalue weighted by atomic mass is 35.5. The van der Waals surface area contributed by atoms with Crippen molar-refractivity contribution in [1.82, 2.24) is 5.32 Å². The van der Waals surface area contributed by atoms with E-state index in [4.69, 9.17) is 9.47 Å². The third-order valence-electron chi connectivity index (χ3n) is 2.53. The van der Waals surface area contributed by atoms with E-state index in [0.29, 0.717) is 12.0 Å². The topological polar surface area (TPSA) is 30.5 Å². The van der Waals surface area contributed by atoms with Gasteiger partial charge in [-0.1, -0.05) is 6.92 Å². The third-order valence-corrected chi connectivity index (χ3v) is 2.53. The van der Waals surface area contributed by atoms with Gasteiger partial charge in [0.2, 0.25) is 0 Å². The second kappa shape index (κ2) is 5.15. The van der Waals surface area contributed by atoms with Crippen molar-refractivity contribution in [3.8, 4) is 0 Å².